The van der Waals surface area contributed by atoms with Crippen LogP contribution in [0.5, 0.6) is 0 Å². The van der Waals surface area contributed by atoms with Gasteiger partial charge in [-0.3, -0.25) is 29.6 Å². The van der Waals surface area contributed by atoms with E-state index in [4.69, 9.17) is 4.98 Å². The van der Waals surface area contributed by atoms with Crippen molar-refractivity contribution in [2.45, 2.75) is 52.6 Å². The number of nitrogens with zero attached hydrogens (tertiary/aromatic N) is 6. The van der Waals surface area contributed by atoms with Crippen LogP contribution < -0.4 is 5.32 Å². The van der Waals surface area contributed by atoms with Gasteiger partial charge in [-0.2, -0.15) is 0 Å². The second kappa shape index (κ2) is 11.8. The Balaban J connectivity index is 1.55. The van der Waals surface area contributed by atoms with Crippen molar-refractivity contribution in [1.82, 2.24) is 29.2 Å². The lowest BCUT2D eigenvalue weighted by Crippen LogP contribution is -2.47. The Morgan fingerprint density at radius 1 is 1.05 bits per heavy atom. The highest BCUT2D eigenvalue weighted by molar-refractivity contribution is 6.04. The molecule has 10 nitrogen and oxygen atoms in total. The number of pyridine rings is 1. The van der Waals surface area contributed by atoms with Crippen molar-refractivity contribution in [3.05, 3.63) is 65.0 Å². The van der Waals surface area contributed by atoms with Gasteiger partial charge in [0.2, 0.25) is 17.8 Å². The number of rotatable bonds is 6. The number of likely N-dealkylation sites (tertiary alicyclic amines) is 1. The predicted molar refractivity (Wildman–Crippen MR) is 159 cm³/mol. The summed E-state index contributed by atoms with van der Waals surface area (Å²) in [5.74, 6) is 0.244. The lowest BCUT2D eigenvalue weighted by Gasteiger charge is -2.32. The quantitative estimate of drug-likeness (QED) is 0.465. The maximum absolute atomic E-state index is 13.5. The Labute approximate surface area is 241 Å². The van der Waals surface area contributed by atoms with Crippen molar-refractivity contribution < 1.29 is 14.4 Å². The number of piperazine rings is 1. The number of likely N-dealkylation sites (N-methyl/N-ethyl adjacent to an activating group) is 1. The molecule has 41 heavy (non-hydrogen) atoms. The second-order valence-corrected chi connectivity index (χ2v) is 11.3. The van der Waals surface area contributed by atoms with Crippen LogP contribution in [0.4, 0.5) is 5.95 Å². The van der Waals surface area contributed by atoms with Crippen LogP contribution in [-0.2, 0) is 16.1 Å². The number of benzene rings is 1. The van der Waals surface area contributed by atoms with Crippen molar-refractivity contribution in [2.75, 3.05) is 45.1 Å². The average Bonchev–Trinajstić information content (AvgIpc) is 3.10. The van der Waals surface area contributed by atoms with Crippen LogP contribution in [-0.4, -0.2) is 86.7 Å². The number of aromatic nitrogens is 3. The normalized spacial score (nSPS) is 18.4. The molecule has 3 amide bonds. The standard InChI is InChI=1S/C31H39N7O3/c1-6-27(39)37-10-8-7-9-25(18-37)38-29-20(2)13-23(17-36-12-11-35(5)28(40)19-36)16-26(29)33-31(38)34-30(41)24-14-21(3)32-22(4)15-24/h6,13-16,25H,1,7-12,17-19H2,2-5H3,(H,33,34,41)/t25-/m1/s1. The van der Waals surface area contributed by atoms with Gasteiger partial charge in [-0.1, -0.05) is 12.6 Å². The van der Waals surface area contributed by atoms with E-state index in [1.807, 2.05) is 25.8 Å². The van der Waals surface area contributed by atoms with Crippen molar-refractivity contribution in [1.29, 1.82) is 0 Å². The monoisotopic (exact) mass is 557 g/mol. The van der Waals surface area contributed by atoms with Gasteiger partial charge in [0.15, 0.2) is 0 Å². The number of fused-ring (bicyclic) bond motifs is 1. The highest BCUT2D eigenvalue weighted by atomic mass is 16.2. The van der Waals surface area contributed by atoms with Crippen LogP contribution in [0.2, 0.25) is 0 Å². The molecule has 0 saturated carbocycles. The molecule has 2 saturated heterocycles. The zero-order valence-electron chi connectivity index (χ0n) is 24.4. The van der Waals surface area contributed by atoms with Gasteiger partial charge in [0.05, 0.1) is 23.6 Å². The molecule has 10 heteroatoms. The maximum Gasteiger partial charge on any atom is 0.258 e. The van der Waals surface area contributed by atoms with Crippen LogP contribution in [0.3, 0.4) is 0 Å². The first-order valence-corrected chi connectivity index (χ1v) is 14.3. The Kier molecular flexibility index (Phi) is 8.21. The minimum absolute atomic E-state index is 0.0672. The number of aryl methyl sites for hydroxylation is 3. The van der Waals surface area contributed by atoms with E-state index in [2.05, 4.69) is 45.4 Å². The van der Waals surface area contributed by atoms with E-state index in [1.54, 1.807) is 17.0 Å². The molecule has 0 aliphatic carbocycles. The van der Waals surface area contributed by atoms with E-state index in [0.29, 0.717) is 44.2 Å². The summed E-state index contributed by atoms with van der Waals surface area (Å²) < 4.78 is 2.11. The van der Waals surface area contributed by atoms with Crippen LogP contribution in [0.1, 0.15) is 58.2 Å². The van der Waals surface area contributed by atoms with Gasteiger partial charge in [0, 0.05) is 56.7 Å². The fourth-order valence-electron chi connectivity index (χ4n) is 6.04. The van der Waals surface area contributed by atoms with E-state index in [0.717, 1.165) is 59.4 Å². The molecule has 2 aliphatic rings. The molecule has 2 fully saturated rings. The first-order chi connectivity index (χ1) is 19.6. The van der Waals surface area contributed by atoms with E-state index < -0.39 is 0 Å². The average molecular weight is 558 g/mol. The molecule has 216 valence electrons. The molecular weight excluding hydrogens is 518 g/mol. The summed E-state index contributed by atoms with van der Waals surface area (Å²) in [4.78, 5) is 53.5. The molecule has 0 bridgehead atoms. The summed E-state index contributed by atoms with van der Waals surface area (Å²) in [6.07, 6.45) is 4.09. The highest BCUT2D eigenvalue weighted by Gasteiger charge is 2.28. The Hall–Kier alpha value is -4.05. The summed E-state index contributed by atoms with van der Waals surface area (Å²) >= 11 is 0. The molecule has 1 aromatic carbocycles. The third-order valence-electron chi connectivity index (χ3n) is 8.05. The number of imidazole rings is 1. The number of hydrogen-bond acceptors (Lipinski definition) is 6. The van der Waals surface area contributed by atoms with Crippen molar-refractivity contribution >= 4 is 34.7 Å². The molecule has 2 aliphatic heterocycles. The minimum Gasteiger partial charge on any atom is -0.343 e. The molecule has 0 radical (unpaired) electrons. The third-order valence-corrected chi connectivity index (χ3v) is 8.05. The van der Waals surface area contributed by atoms with Gasteiger partial charge in [-0.25, -0.2) is 4.98 Å². The largest absolute Gasteiger partial charge is 0.343 e. The molecule has 3 aromatic rings. The van der Waals surface area contributed by atoms with Crippen LogP contribution >= 0.6 is 0 Å². The first kappa shape index (κ1) is 28.5. The number of carbonyl (C=O) groups excluding carboxylic acids is 3. The molecule has 0 unspecified atom stereocenters. The fourth-order valence-corrected chi connectivity index (χ4v) is 6.04. The molecular formula is C31H39N7O3. The summed E-state index contributed by atoms with van der Waals surface area (Å²) in [5.41, 5.74) is 5.90. The Morgan fingerprint density at radius 3 is 2.51 bits per heavy atom. The van der Waals surface area contributed by atoms with E-state index in [9.17, 15) is 14.4 Å². The smallest absolute Gasteiger partial charge is 0.258 e. The zero-order valence-corrected chi connectivity index (χ0v) is 24.4. The van der Waals surface area contributed by atoms with Crippen LogP contribution in [0, 0.1) is 20.8 Å². The number of hydrogen-bond donors (Lipinski definition) is 1. The van der Waals surface area contributed by atoms with Crippen molar-refractivity contribution in [3.63, 3.8) is 0 Å². The number of amides is 3. The molecule has 1 N–H and O–H groups in total. The Bertz CT molecular complexity index is 1490. The topological polar surface area (TPSA) is 104 Å². The fraction of sp³-hybridized carbons (Fsp3) is 0.452. The number of anilines is 1. The lowest BCUT2D eigenvalue weighted by atomic mass is 10.1. The molecule has 5 rings (SSSR count). The van der Waals surface area contributed by atoms with E-state index in [1.165, 1.54) is 6.08 Å². The lowest BCUT2D eigenvalue weighted by molar-refractivity contribution is -0.134. The Morgan fingerprint density at radius 2 is 1.80 bits per heavy atom. The number of nitrogens with one attached hydrogen (secondary N) is 1. The van der Waals surface area contributed by atoms with Crippen LogP contribution in [0.15, 0.2) is 36.9 Å². The summed E-state index contributed by atoms with van der Waals surface area (Å²) in [7, 11) is 1.84. The summed E-state index contributed by atoms with van der Waals surface area (Å²) in [6.45, 7) is 13.2. The predicted octanol–water partition coefficient (Wildman–Crippen LogP) is 3.62. The third kappa shape index (κ3) is 6.17. The van der Waals surface area contributed by atoms with Gasteiger partial charge in [0.25, 0.3) is 5.91 Å². The van der Waals surface area contributed by atoms with E-state index >= 15 is 0 Å². The van der Waals surface area contributed by atoms with E-state index in [-0.39, 0.29) is 23.8 Å². The first-order valence-electron chi connectivity index (χ1n) is 14.3. The van der Waals surface area contributed by atoms with Gasteiger partial charge < -0.3 is 14.4 Å². The van der Waals surface area contributed by atoms with Gasteiger partial charge >= 0.3 is 0 Å². The van der Waals surface area contributed by atoms with Gasteiger partial charge in [0.1, 0.15) is 0 Å². The summed E-state index contributed by atoms with van der Waals surface area (Å²) in [5, 5.41) is 3.09. The molecule has 1 atom stereocenters. The van der Waals surface area contributed by atoms with Crippen molar-refractivity contribution in [2.24, 2.45) is 0 Å². The minimum atomic E-state index is -0.253. The highest BCUT2D eigenvalue weighted by Crippen LogP contribution is 2.33. The molecule has 4 heterocycles. The number of carbonyl (C=O) groups is 3. The zero-order chi connectivity index (χ0) is 29.3. The summed E-state index contributed by atoms with van der Waals surface area (Å²) in [6, 6.07) is 7.68. The second-order valence-electron chi connectivity index (χ2n) is 11.3. The van der Waals surface area contributed by atoms with Gasteiger partial charge in [-0.05, 0) is 75.4 Å². The van der Waals surface area contributed by atoms with Crippen molar-refractivity contribution in [3.8, 4) is 0 Å². The van der Waals surface area contributed by atoms with Gasteiger partial charge in [-0.15, -0.1) is 0 Å². The maximum atomic E-state index is 13.5. The van der Waals surface area contributed by atoms with Crippen LogP contribution in [0.25, 0.3) is 11.0 Å². The molecule has 2 aromatic heterocycles. The molecule has 0 spiro atoms. The SMILES string of the molecule is C=CC(=O)N1CCCC[C@@H](n2c(NC(=O)c3cc(C)nc(C)c3)nc3cc(CN4CCN(C)C(=O)C4)cc(C)c32)C1.